The summed E-state index contributed by atoms with van der Waals surface area (Å²) in [6, 6.07) is 1.44. The topological polar surface area (TPSA) is 76.2 Å². The second kappa shape index (κ2) is 3.43. The highest BCUT2D eigenvalue weighted by molar-refractivity contribution is 5.88. The fourth-order valence-electron chi connectivity index (χ4n) is 1.09. The Morgan fingerprint density at radius 3 is 2.62 bits per heavy atom. The smallest absolute Gasteiger partial charge is 0.337 e. The zero-order valence-corrected chi connectivity index (χ0v) is 7.61. The third-order valence-corrected chi connectivity index (χ3v) is 1.74. The average Bonchev–Trinajstić information content (AvgIpc) is 2.03. The van der Waals surface area contributed by atoms with Crippen LogP contribution in [0.4, 0.5) is 5.69 Å². The minimum atomic E-state index is -1.01. The molecule has 0 saturated heterocycles. The Hall–Kier alpha value is -1.58. The Kier molecular flexibility index (Phi) is 2.51. The van der Waals surface area contributed by atoms with Crippen molar-refractivity contribution in [2.45, 2.75) is 19.8 Å². The normalized spacial score (nSPS) is 10.4. The van der Waals surface area contributed by atoms with E-state index in [2.05, 4.69) is 4.98 Å². The van der Waals surface area contributed by atoms with Crippen molar-refractivity contribution in [2.24, 2.45) is 0 Å². The molecule has 0 unspecified atom stereocenters. The predicted molar refractivity (Wildman–Crippen MR) is 49.7 cm³/mol. The van der Waals surface area contributed by atoms with E-state index in [-0.39, 0.29) is 11.5 Å². The molecule has 70 valence electrons. The van der Waals surface area contributed by atoms with Gasteiger partial charge in [-0.2, -0.15) is 0 Å². The lowest BCUT2D eigenvalue weighted by atomic mass is 10.1. The summed E-state index contributed by atoms with van der Waals surface area (Å²) in [7, 11) is 0. The van der Waals surface area contributed by atoms with Crippen LogP contribution >= 0.6 is 0 Å². The highest BCUT2D eigenvalue weighted by atomic mass is 16.4. The van der Waals surface area contributed by atoms with Gasteiger partial charge in [-0.25, -0.2) is 4.79 Å². The first-order valence-electron chi connectivity index (χ1n) is 4.01. The van der Waals surface area contributed by atoms with Gasteiger partial charge in [-0.3, -0.25) is 4.98 Å². The highest BCUT2D eigenvalue weighted by Crippen LogP contribution is 2.19. The number of pyridine rings is 1. The van der Waals surface area contributed by atoms with Gasteiger partial charge in [0, 0.05) is 6.20 Å². The van der Waals surface area contributed by atoms with Crippen molar-refractivity contribution in [1.29, 1.82) is 0 Å². The Morgan fingerprint density at radius 2 is 2.23 bits per heavy atom. The summed E-state index contributed by atoms with van der Waals surface area (Å²) in [6.07, 6.45) is 1.33. The van der Waals surface area contributed by atoms with Gasteiger partial charge < -0.3 is 10.8 Å². The molecular formula is C9H12N2O2. The lowest BCUT2D eigenvalue weighted by molar-refractivity contribution is 0.0696. The van der Waals surface area contributed by atoms with Gasteiger partial charge in [0.2, 0.25) is 0 Å². The molecule has 4 nitrogen and oxygen atoms in total. The number of hydrogen-bond acceptors (Lipinski definition) is 3. The molecule has 0 aliphatic heterocycles. The summed E-state index contributed by atoms with van der Waals surface area (Å²) < 4.78 is 0. The number of nitrogens with zero attached hydrogens (tertiary/aromatic N) is 1. The molecular weight excluding hydrogens is 168 g/mol. The molecule has 1 rings (SSSR count). The van der Waals surface area contributed by atoms with E-state index >= 15 is 0 Å². The van der Waals surface area contributed by atoms with Gasteiger partial charge in [-0.05, 0) is 12.0 Å². The number of aromatic nitrogens is 1. The average molecular weight is 180 g/mol. The van der Waals surface area contributed by atoms with E-state index in [0.717, 1.165) is 5.69 Å². The van der Waals surface area contributed by atoms with Crippen LogP contribution in [-0.4, -0.2) is 16.1 Å². The highest BCUT2D eigenvalue weighted by Gasteiger charge is 2.09. The van der Waals surface area contributed by atoms with Crippen molar-refractivity contribution in [2.75, 3.05) is 5.73 Å². The summed E-state index contributed by atoms with van der Waals surface area (Å²) in [4.78, 5) is 14.5. The quantitative estimate of drug-likeness (QED) is 0.722. The summed E-state index contributed by atoms with van der Waals surface area (Å²) in [5, 5.41) is 8.64. The number of aromatic carboxylic acids is 1. The van der Waals surface area contributed by atoms with Gasteiger partial charge in [0.1, 0.15) is 0 Å². The van der Waals surface area contributed by atoms with Crippen LogP contribution in [0.15, 0.2) is 12.3 Å². The molecule has 0 aromatic carbocycles. The molecule has 0 amide bonds. The van der Waals surface area contributed by atoms with Crippen LogP contribution < -0.4 is 5.73 Å². The number of nitrogen functional groups attached to an aromatic ring is 1. The largest absolute Gasteiger partial charge is 0.478 e. The third-order valence-electron chi connectivity index (χ3n) is 1.74. The molecule has 1 aromatic rings. The summed E-state index contributed by atoms with van der Waals surface area (Å²) in [5.74, 6) is -0.794. The minimum absolute atomic E-state index is 0.127. The molecule has 0 bridgehead atoms. The van der Waals surface area contributed by atoms with Crippen molar-refractivity contribution in [3.8, 4) is 0 Å². The van der Waals surface area contributed by atoms with Crippen molar-refractivity contribution in [3.05, 3.63) is 23.5 Å². The first-order valence-corrected chi connectivity index (χ1v) is 4.01. The lowest BCUT2D eigenvalue weighted by Gasteiger charge is -2.07. The van der Waals surface area contributed by atoms with Crippen LogP contribution in [0.1, 0.15) is 35.8 Å². The number of carbonyl (C=O) groups is 1. The molecule has 0 aliphatic carbocycles. The monoisotopic (exact) mass is 180 g/mol. The SMILES string of the molecule is CC(C)c1ncc(C(=O)O)cc1N. The number of carboxylic acids is 1. The first-order chi connectivity index (χ1) is 6.02. The molecule has 1 heterocycles. The van der Waals surface area contributed by atoms with Crippen molar-refractivity contribution in [3.63, 3.8) is 0 Å². The number of hydrogen-bond donors (Lipinski definition) is 2. The van der Waals surface area contributed by atoms with E-state index in [9.17, 15) is 4.79 Å². The van der Waals surface area contributed by atoms with Crippen molar-refractivity contribution < 1.29 is 9.90 Å². The van der Waals surface area contributed by atoms with E-state index in [0.29, 0.717) is 5.69 Å². The second-order valence-electron chi connectivity index (χ2n) is 3.16. The van der Waals surface area contributed by atoms with Gasteiger partial charge >= 0.3 is 5.97 Å². The van der Waals surface area contributed by atoms with Gasteiger partial charge in [-0.15, -0.1) is 0 Å². The van der Waals surface area contributed by atoms with Gasteiger partial charge in [-0.1, -0.05) is 13.8 Å². The molecule has 0 aliphatic rings. The molecule has 0 radical (unpaired) electrons. The maximum Gasteiger partial charge on any atom is 0.337 e. The van der Waals surface area contributed by atoms with Crippen molar-refractivity contribution >= 4 is 11.7 Å². The van der Waals surface area contributed by atoms with Gasteiger partial charge in [0.25, 0.3) is 0 Å². The molecule has 0 saturated carbocycles. The fourth-order valence-corrected chi connectivity index (χ4v) is 1.09. The van der Waals surface area contributed by atoms with Crippen LogP contribution in [0.2, 0.25) is 0 Å². The Labute approximate surface area is 76.4 Å². The van der Waals surface area contributed by atoms with E-state index < -0.39 is 5.97 Å². The predicted octanol–water partition coefficient (Wildman–Crippen LogP) is 1.49. The summed E-state index contributed by atoms with van der Waals surface area (Å²) in [6.45, 7) is 3.91. The Morgan fingerprint density at radius 1 is 1.62 bits per heavy atom. The van der Waals surface area contributed by atoms with Crippen LogP contribution in [0.3, 0.4) is 0 Å². The standard InChI is InChI=1S/C9H12N2O2/c1-5(2)8-7(10)3-6(4-11-8)9(12)13/h3-5H,10H2,1-2H3,(H,12,13). The number of anilines is 1. The fraction of sp³-hybridized carbons (Fsp3) is 0.333. The van der Waals surface area contributed by atoms with Gasteiger partial charge in [0.05, 0.1) is 16.9 Å². The number of carboxylic acid groups (broad SMARTS) is 1. The van der Waals surface area contributed by atoms with Crippen LogP contribution in [0.25, 0.3) is 0 Å². The van der Waals surface area contributed by atoms with Crippen LogP contribution in [-0.2, 0) is 0 Å². The zero-order valence-electron chi connectivity index (χ0n) is 7.61. The number of rotatable bonds is 2. The minimum Gasteiger partial charge on any atom is -0.478 e. The molecule has 1 aromatic heterocycles. The van der Waals surface area contributed by atoms with Crippen LogP contribution in [0.5, 0.6) is 0 Å². The van der Waals surface area contributed by atoms with Crippen LogP contribution in [0, 0.1) is 0 Å². The van der Waals surface area contributed by atoms with Gasteiger partial charge in [0.15, 0.2) is 0 Å². The lowest BCUT2D eigenvalue weighted by Crippen LogP contribution is -2.04. The molecule has 13 heavy (non-hydrogen) atoms. The summed E-state index contributed by atoms with van der Waals surface area (Å²) in [5.41, 5.74) is 6.94. The number of nitrogens with two attached hydrogens (primary N) is 1. The van der Waals surface area contributed by atoms with Crippen molar-refractivity contribution in [1.82, 2.24) is 4.98 Å². The molecule has 0 atom stereocenters. The van der Waals surface area contributed by atoms with E-state index in [1.54, 1.807) is 0 Å². The second-order valence-corrected chi connectivity index (χ2v) is 3.16. The maximum absolute atomic E-state index is 10.5. The zero-order chi connectivity index (χ0) is 10.0. The first kappa shape index (κ1) is 9.51. The molecule has 0 spiro atoms. The molecule has 0 fully saturated rings. The molecule has 4 heteroatoms. The van der Waals surface area contributed by atoms with E-state index in [1.165, 1.54) is 12.3 Å². The molecule has 3 N–H and O–H groups in total. The Balaban J connectivity index is 3.13. The third kappa shape index (κ3) is 1.96. The Bertz CT molecular complexity index is 334. The van der Waals surface area contributed by atoms with E-state index in [1.807, 2.05) is 13.8 Å². The van der Waals surface area contributed by atoms with E-state index in [4.69, 9.17) is 10.8 Å². The summed E-state index contributed by atoms with van der Waals surface area (Å²) >= 11 is 0. The maximum atomic E-state index is 10.5.